The first-order valence-electron chi connectivity index (χ1n) is 5.86. The van der Waals surface area contributed by atoms with E-state index in [1.165, 1.54) is 12.8 Å². The minimum absolute atomic E-state index is 0.673. The van der Waals surface area contributed by atoms with Gasteiger partial charge in [0.2, 0.25) is 0 Å². The number of nitrogens with zero attached hydrogens (tertiary/aromatic N) is 4. The average molecular weight is 225 g/mol. The first-order chi connectivity index (χ1) is 7.86. The second-order valence-corrected chi connectivity index (χ2v) is 4.26. The van der Waals surface area contributed by atoms with E-state index in [0.29, 0.717) is 12.5 Å². The summed E-state index contributed by atoms with van der Waals surface area (Å²) < 4.78 is 7.34. The SMILES string of the molecule is Cn1nnnc1CCOCC1CCCNC1. The second-order valence-electron chi connectivity index (χ2n) is 4.26. The molecule has 1 N–H and O–H groups in total. The monoisotopic (exact) mass is 225 g/mol. The summed E-state index contributed by atoms with van der Waals surface area (Å²) in [6, 6.07) is 0. The predicted molar refractivity (Wildman–Crippen MR) is 58.9 cm³/mol. The number of ether oxygens (including phenoxy) is 1. The molecule has 1 unspecified atom stereocenters. The van der Waals surface area contributed by atoms with Gasteiger partial charge in [0.05, 0.1) is 13.2 Å². The summed E-state index contributed by atoms with van der Waals surface area (Å²) in [6.45, 7) is 3.79. The highest BCUT2D eigenvalue weighted by Crippen LogP contribution is 2.09. The van der Waals surface area contributed by atoms with Gasteiger partial charge in [0.15, 0.2) is 5.82 Å². The third-order valence-electron chi connectivity index (χ3n) is 2.93. The van der Waals surface area contributed by atoms with Gasteiger partial charge in [-0.2, -0.15) is 0 Å². The number of aromatic nitrogens is 4. The predicted octanol–water partition coefficient (Wildman–Crippen LogP) is -0.231. The molecule has 0 radical (unpaired) electrons. The fourth-order valence-corrected chi connectivity index (χ4v) is 1.94. The molecule has 1 atom stereocenters. The first kappa shape index (κ1) is 11.5. The van der Waals surface area contributed by atoms with Crippen molar-refractivity contribution < 1.29 is 4.74 Å². The normalized spacial score (nSPS) is 21.2. The number of hydrogen-bond acceptors (Lipinski definition) is 5. The van der Waals surface area contributed by atoms with Crippen LogP contribution in [0.2, 0.25) is 0 Å². The van der Waals surface area contributed by atoms with E-state index in [2.05, 4.69) is 20.8 Å². The Morgan fingerprint density at radius 2 is 2.50 bits per heavy atom. The standard InChI is InChI=1S/C10H19N5O/c1-15-10(12-13-14-15)4-6-16-8-9-3-2-5-11-7-9/h9,11H,2-8H2,1H3. The van der Waals surface area contributed by atoms with Crippen LogP contribution in [0.15, 0.2) is 0 Å². The van der Waals surface area contributed by atoms with Crippen LogP contribution in [0.3, 0.4) is 0 Å². The molecule has 0 saturated carbocycles. The largest absolute Gasteiger partial charge is 0.381 e. The molecule has 90 valence electrons. The van der Waals surface area contributed by atoms with Crippen LogP contribution in [0.4, 0.5) is 0 Å². The fourth-order valence-electron chi connectivity index (χ4n) is 1.94. The zero-order valence-electron chi connectivity index (χ0n) is 9.72. The van der Waals surface area contributed by atoms with Gasteiger partial charge in [0.25, 0.3) is 0 Å². The van der Waals surface area contributed by atoms with Gasteiger partial charge in [-0.05, 0) is 35.7 Å². The highest BCUT2D eigenvalue weighted by molar-refractivity contribution is 4.79. The van der Waals surface area contributed by atoms with Crippen molar-refractivity contribution in [1.82, 2.24) is 25.5 Å². The molecule has 16 heavy (non-hydrogen) atoms. The van der Waals surface area contributed by atoms with E-state index < -0.39 is 0 Å². The molecule has 0 bridgehead atoms. The molecule has 0 spiro atoms. The number of nitrogens with one attached hydrogen (secondary N) is 1. The molecule has 1 aliphatic heterocycles. The highest BCUT2D eigenvalue weighted by Gasteiger charge is 2.12. The Kier molecular flexibility index (Phi) is 4.24. The zero-order valence-corrected chi connectivity index (χ0v) is 9.72. The van der Waals surface area contributed by atoms with Gasteiger partial charge in [-0.25, -0.2) is 4.68 Å². The number of piperidine rings is 1. The zero-order chi connectivity index (χ0) is 11.2. The molecule has 6 nitrogen and oxygen atoms in total. The quantitative estimate of drug-likeness (QED) is 0.701. The van der Waals surface area contributed by atoms with Crippen molar-refractivity contribution in [3.8, 4) is 0 Å². The van der Waals surface area contributed by atoms with Crippen molar-refractivity contribution in [2.75, 3.05) is 26.3 Å². The Bertz CT molecular complexity index is 308. The third kappa shape index (κ3) is 3.24. The Morgan fingerprint density at radius 3 is 3.19 bits per heavy atom. The molecule has 0 amide bonds. The van der Waals surface area contributed by atoms with Crippen molar-refractivity contribution in [3.05, 3.63) is 5.82 Å². The van der Waals surface area contributed by atoms with Crippen LogP contribution in [-0.4, -0.2) is 46.5 Å². The lowest BCUT2D eigenvalue weighted by Crippen LogP contribution is -2.32. The molecule has 1 aromatic rings. The van der Waals surface area contributed by atoms with Crippen molar-refractivity contribution >= 4 is 0 Å². The van der Waals surface area contributed by atoms with Gasteiger partial charge in [0.1, 0.15) is 0 Å². The number of aryl methyl sites for hydroxylation is 1. The lowest BCUT2D eigenvalue weighted by Gasteiger charge is -2.22. The van der Waals surface area contributed by atoms with Crippen LogP contribution < -0.4 is 5.32 Å². The molecule has 6 heteroatoms. The minimum atomic E-state index is 0.673. The lowest BCUT2D eigenvalue weighted by atomic mass is 10.0. The van der Waals surface area contributed by atoms with E-state index in [0.717, 1.165) is 31.9 Å². The molecule has 1 aromatic heterocycles. The Balaban J connectivity index is 1.59. The van der Waals surface area contributed by atoms with E-state index >= 15 is 0 Å². The number of hydrogen-bond donors (Lipinski definition) is 1. The van der Waals surface area contributed by atoms with Crippen molar-refractivity contribution in [3.63, 3.8) is 0 Å². The third-order valence-corrected chi connectivity index (χ3v) is 2.93. The first-order valence-corrected chi connectivity index (χ1v) is 5.86. The molecule has 2 heterocycles. The number of tetrazole rings is 1. The average Bonchev–Trinajstić information content (AvgIpc) is 2.72. The van der Waals surface area contributed by atoms with E-state index in [-0.39, 0.29) is 0 Å². The van der Waals surface area contributed by atoms with Crippen LogP contribution in [0.1, 0.15) is 18.7 Å². The Hall–Kier alpha value is -1.01. The summed E-state index contributed by atoms with van der Waals surface area (Å²) in [4.78, 5) is 0. The van der Waals surface area contributed by atoms with E-state index in [1.807, 2.05) is 7.05 Å². The highest BCUT2D eigenvalue weighted by atomic mass is 16.5. The summed E-state index contributed by atoms with van der Waals surface area (Å²) in [5.41, 5.74) is 0. The van der Waals surface area contributed by atoms with Crippen LogP contribution in [-0.2, 0) is 18.2 Å². The maximum absolute atomic E-state index is 5.65. The summed E-state index contributed by atoms with van der Waals surface area (Å²) in [5, 5.41) is 14.7. The maximum Gasteiger partial charge on any atom is 0.153 e. The lowest BCUT2D eigenvalue weighted by molar-refractivity contribution is 0.0908. The van der Waals surface area contributed by atoms with Crippen LogP contribution >= 0.6 is 0 Å². The topological polar surface area (TPSA) is 64.9 Å². The van der Waals surface area contributed by atoms with E-state index in [1.54, 1.807) is 4.68 Å². The van der Waals surface area contributed by atoms with Gasteiger partial charge >= 0.3 is 0 Å². The summed E-state index contributed by atoms with van der Waals surface area (Å²) in [5.74, 6) is 1.55. The van der Waals surface area contributed by atoms with Crippen molar-refractivity contribution in [2.45, 2.75) is 19.3 Å². The van der Waals surface area contributed by atoms with Crippen molar-refractivity contribution in [1.29, 1.82) is 0 Å². The Labute approximate surface area is 95.4 Å². The Morgan fingerprint density at radius 1 is 1.56 bits per heavy atom. The summed E-state index contributed by atoms with van der Waals surface area (Å²) >= 11 is 0. The molecular formula is C10H19N5O. The number of rotatable bonds is 5. The fraction of sp³-hybridized carbons (Fsp3) is 0.900. The van der Waals surface area contributed by atoms with Gasteiger partial charge in [-0.1, -0.05) is 0 Å². The van der Waals surface area contributed by atoms with Gasteiger partial charge < -0.3 is 10.1 Å². The van der Waals surface area contributed by atoms with Gasteiger partial charge in [-0.3, -0.25) is 0 Å². The molecular weight excluding hydrogens is 206 g/mol. The van der Waals surface area contributed by atoms with Gasteiger partial charge in [-0.15, -0.1) is 5.10 Å². The van der Waals surface area contributed by atoms with Crippen LogP contribution in [0, 0.1) is 5.92 Å². The molecule has 2 rings (SSSR count). The maximum atomic E-state index is 5.65. The molecule has 1 saturated heterocycles. The van der Waals surface area contributed by atoms with Crippen molar-refractivity contribution in [2.24, 2.45) is 13.0 Å². The molecule has 1 aliphatic rings. The smallest absolute Gasteiger partial charge is 0.153 e. The van der Waals surface area contributed by atoms with E-state index in [4.69, 9.17) is 4.74 Å². The van der Waals surface area contributed by atoms with Gasteiger partial charge in [0, 0.05) is 20.0 Å². The van der Waals surface area contributed by atoms with Crippen LogP contribution in [0.25, 0.3) is 0 Å². The summed E-state index contributed by atoms with van der Waals surface area (Å²) in [6.07, 6.45) is 3.32. The summed E-state index contributed by atoms with van der Waals surface area (Å²) in [7, 11) is 1.85. The molecule has 1 fully saturated rings. The second kappa shape index (κ2) is 5.91. The van der Waals surface area contributed by atoms with Crippen LogP contribution in [0.5, 0.6) is 0 Å². The molecule has 0 aromatic carbocycles. The molecule has 0 aliphatic carbocycles. The minimum Gasteiger partial charge on any atom is -0.381 e. The van der Waals surface area contributed by atoms with E-state index in [9.17, 15) is 0 Å².